The van der Waals surface area contributed by atoms with Crippen LogP contribution in [-0.4, -0.2) is 27.0 Å². The number of non-ortho nitro benzene ring substituents is 1. The summed E-state index contributed by atoms with van der Waals surface area (Å²) in [5.74, 6) is -1.28. The Morgan fingerprint density at radius 2 is 1.71 bits per heavy atom. The van der Waals surface area contributed by atoms with Gasteiger partial charge in [0, 0.05) is 38.8 Å². The number of hydrogen-bond acceptors (Lipinski definition) is 8. The molecule has 6 unspecified atom stereocenters. The molecule has 2 bridgehead atoms. The van der Waals surface area contributed by atoms with Gasteiger partial charge in [0.1, 0.15) is 12.4 Å². The molecule has 1 saturated heterocycles. The Labute approximate surface area is 270 Å². The van der Waals surface area contributed by atoms with Crippen LogP contribution < -0.4 is 14.5 Å². The molecule has 3 heterocycles. The number of thiazole rings is 1. The quantitative estimate of drug-likeness (QED) is 0.141. The van der Waals surface area contributed by atoms with Gasteiger partial charge in [0.15, 0.2) is 0 Å². The summed E-state index contributed by atoms with van der Waals surface area (Å²) >= 11 is 9.39. The Balaban J connectivity index is 1.18. The van der Waals surface area contributed by atoms with Crippen molar-refractivity contribution in [1.82, 2.24) is 4.98 Å². The number of amides is 2. The first kappa shape index (κ1) is 28.5. The van der Waals surface area contributed by atoms with Gasteiger partial charge in [0.25, 0.3) is 5.69 Å². The first-order valence-electron chi connectivity index (χ1n) is 14.7. The highest BCUT2D eigenvalue weighted by atomic mass is 35.5. The Morgan fingerprint density at radius 3 is 2.42 bits per heavy atom. The van der Waals surface area contributed by atoms with E-state index in [1.54, 1.807) is 17.8 Å². The monoisotopic (exact) mass is 659 g/mol. The van der Waals surface area contributed by atoms with Crippen molar-refractivity contribution in [3.63, 3.8) is 0 Å². The van der Waals surface area contributed by atoms with E-state index in [0.29, 0.717) is 23.1 Å². The van der Waals surface area contributed by atoms with E-state index in [-0.39, 0.29) is 51.3 Å². The van der Waals surface area contributed by atoms with Crippen LogP contribution in [0.5, 0.6) is 5.75 Å². The highest BCUT2D eigenvalue weighted by Gasteiger charge is 2.69. The molecular weight excluding hydrogens is 634 g/mol. The number of nitro groups is 1. The Hall–Kier alpha value is -3.93. The molecule has 2 aliphatic carbocycles. The average molecular weight is 660 g/mol. The van der Waals surface area contributed by atoms with E-state index in [0.717, 1.165) is 33.0 Å². The topological polar surface area (TPSA) is 123 Å². The van der Waals surface area contributed by atoms with Crippen LogP contribution >= 0.6 is 34.7 Å². The predicted molar refractivity (Wildman–Crippen MR) is 171 cm³/mol. The summed E-state index contributed by atoms with van der Waals surface area (Å²) in [4.78, 5) is 56.3. The molecule has 7 atom stereocenters. The van der Waals surface area contributed by atoms with E-state index in [9.17, 15) is 24.5 Å². The smallest absolute Gasteiger partial charge is 0.305 e. The Morgan fingerprint density at radius 1 is 1.00 bits per heavy atom. The largest absolute Gasteiger partial charge is 0.489 e. The summed E-state index contributed by atoms with van der Waals surface area (Å²) in [5.41, 5.74) is 3.30. The highest BCUT2D eigenvalue weighted by Crippen LogP contribution is 2.69. The fraction of sp³-hybridized carbons (Fsp3) is 0.303. The van der Waals surface area contributed by atoms with Gasteiger partial charge in [0.05, 0.1) is 27.5 Å². The van der Waals surface area contributed by atoms with Crippen LogP contribution in [0.4, 0.5) is 11.4 Å². The lowest BCUT2D eigenvalue weighted by atomic mass is 9.68. The Kier molecular flexibility index (Phi) is 6.70. The maximum atomic E-state index is 14.0. The Bertz CT molecular complexity index is 1940. The van der Waals surface area contributed by atoms with Gasteiger partial charge in [-0.15, -0.1) is 11.8 Å². The minimum atomic E-state index is -0.508. The average Bonchev–Trinajstić information content (AvgIpc) is 3.76. The number of halogens is 1. The molecule has 3 aromatic carbocycles. The highest BCUT2D eigenvalue weighted by molar-refractivity contribution is 8.00. The number of H-pyrrole nitrogens is 1. The number of nitrogens with zero attached hydrogens (tertiary/aromatic N) is 2. The molecule has 3 fully saturated rings. The van der Waals surface area contributed by atoms with E-state index in [4.69, 9.17) is 16.3 Å². The van der Waals surface area contributed by atoms with Crippen LogP contribution in [0.15, 0.2) is 76.6 Å². The van der Waals surface area contributed by atoms with Crippen molar-refractivity contribution in [2.75, 3.05) is 4.90 Å². The summed E-state index contributed by atoms with van der Waals surface area (Å²) in [6.07, 6.45) is 0.735. The molecule has 228 valence electrons. The van der Waals surface area contributed by atoms with Crippen molar-refractivity contribution in [3.05, 3.63) is 113 Å². The number of benzene rings is 3. The summed E-state index contributed by atoms with van der Waals surface area (Å²) < 4.78 is 6.42. The third-order valence-electron chi connectivity index (χ3n) is 9.86. The standard InChI is InChI=1S/C33H26ClN3O6S2/c1-15-2-4-16(5-3-15)14-43-23-11-6-17(34)12-20(23)24-25-21-13-22(28(25)44-30-29(24)45-33(40)35-30)27-26(21)31(38)36(32(27)39)18-7-9-19(10-8-18)37(41)42/h2-12,21-22,24-28H,13-14H2,1H3,(H,35,40)/t21?,22?,24-,25?,26?,27?,28?/m1/s1. The second kappa shape index (κ2) is 10.6. The maximum absolute atomic E-state index is 14.0. The van der Waals surface area contributed by atoms with Gasteiger partial charge < -0.3 is 9.72 Å². The van der Waals surface area contributed by atoms with Crippen molar-refractivity contribution < 1.29 is 19.2 Å². The third-order valence-corrected chi connectivity index (χ3v) is 12.7. The van der Waals surface area contributed by atoms with Crippen molar-refractivity contribution >= 4 is 57.9 Å². The summed E-state index contributed by atoms with van der Waals surface area (Å²) in [6, 6.07) is 19.3. The number of rotatable bonds is 6. The summed E-state index contributed by atoms with van der Waals surface area (Å²) in [7, 11) is 0. The molecule has 8 rings (SSSR count). The molecule has 0 spiro atoms. The molecule has 0 radical (unpaired) electrons. The number of aromatic nitrogens is 1. The summed E-state index contributed by atoms with van der Waals surface area (Å²) in [6.45, 7) is 2.39. The van der Waals surface area contributed by atoms with Crippen molar-refractivity contribution in [2.45, 2.75) is 36.1 Å². The first-order valence-corrected chi connectivity index (χ1v) is 16.8. The first-order chi connectivity index (χ1) is 21.7. The van der Waals surface area contributed by atoms with Crippen LogP contribution in [0.2, 0.25) is 5.02 Å². The van der Waals surface area contributed by atoms with Gasteiger partial charge in [-0.1, -0.05) is 52.8 Å². The van der Waals surface area contributed by atoms with E-state index in [1.807, 2.05) is 43.3 Å². The van der Waals surface area contributed by atoms with Crippen LogP contribution in [0.3, 0.4) is 0 Å². The molecule has 1 N–H and O–H groups in total. The number of carbonyl (C=O) groups is 2. The van der Waals surface area contributed by atoms with Crippen LogP contribution in [0.25, 0.3) is 0 Å². The molecule has 45 heavy (non-hydrogen) atoms. The number of aromatic amines is 1. The zero-order valence-electron chi connectivity index (χ0n) is 23.8. The van der Waals surface area contributed by atoms with Gasteiger partial charge >= 0.3 is 4.87 Å². The minimum Gasteiger partial charge on any atom is -0.489 e. The summed E-state index contributed by atoms with van der Waals surface area (Å²) in [5, 5.41) is 12.5. The molecule has 1 aromatic heterocycles. The van der Waals surface area contributed by atoms with Crippen LogP contribution in [0.1, 0.15) is 33.9 Å². The number of anilines is 1. The molecule has 2 aliphatic heterocycles. The molecule has 2 saturated carbocycles. The molecule has 4 aromatic rings. The molecule has 4 aliphatic rings. The van der Waals surface area contributed by atoms with Gasteiger partial charge in [-0.3, -0.25) is 29.4 Å². The molecular formula is C33H26ClN3O6S2. The zero-order chi connectivity index (χ0) is 31.1. The van der Waals surface area contributed by atoms with Crippen LogP contribution in [0, 0.1) is 46.6 Å². The maximum Gasteiger partial charge on any atom is 0.305 e. The number of carbonyl (C=O) groups excluding carboxylic acids is 2. The van der Waals surface area contributed by atoms with E-state index in [2.05, 4.69) is 4.98 Å². The molecule has 2 amide bonds. The molecule has 12 heteroatoms. The van der Waals surface area contributed by atoms with E-state index in [1.165, 1.54) is 40.5 Å². The van der Waals surface area contributed by atoms with Crippen molar-refractivity contribution in [3.8, 4) is 5.75 Å². The number of imide groups is 1. The lowest BCUT2D eigenvalue weighted by Crippen LogP contribution is -2.42. The fourth-order valence-electron chi connectivity index (χ4n) is 8.08. The lowest BCUT2D eigenvalue weighted by molar-refractivity contribution is -0.384. The molecule has 9 nitrogen and oxygen atoms in total. The lowest BCUT2D eigenvalue weighted by Gasteiger charge is -2.43. The van der Waals surface area contributed by atoms with E-state index < -0.39 is 16.8 Å². The predicted octanol–water partition coefficient (Wildman–Crippen LogP) is 6.56. The van der Waals surface area contributed by atoms with Gasteiger partial charge in [-0.05, 0) is 67.0 Å². The number of nitrogens with one attached hydrogen (secondary N) is 1. The second-order valence-electron chi connectivity index (χ2n) is 12.2. The van der Waals surface area contributed by atoms with Gasteiger partial charge in [-0.25, -0.2) is 0 Å². The second-order valence-corrected chi connectivity index (χ2v) is 14.8. The normalized spacial score (nSPS) is 27.8. The van der Waals surface area contributed by atoms with Gasteiger partial charge in [0.2, 0.25) is 11.8 Å². The fourth-order valence-corrected chi connectivity index (χ4v) is 11.1. The minimum absolute atomic E-state index is 0.00325. The number of ether oxygens (including phenoxy) is 1. The van der Waals surface area contributed by atoms with Crippen LogP contribution in [-0.2, 0) is 16.2 Å². The van der Waals surface area contributed by atoms with E-state index >= 15 is 0 Å². The SMILES string of the molecule is Cc1ccc(COc2ccc(Cl)cc2[C@H]2c3sc(=O)[nH]c3SC3C4CC(C5C(=O)N(c6ccc([N+](=O)[O-])cc6)C(=O)C45)C32)cc1. The number of fused-ring (bicyclic) bond motifs is 9. The van der Waals surface area contributed by atoms with Crippen molar-refractivity contribution in [2.24, 2.45) is 29.6 Å². The number of thioether (sulfide) groups is 1. The third kappa shape index (κ3) is 4.46. The number of aryl methyl sites for hydroxylation is 1. The zero-order valence-corrected chi connectivity index (χ0v) is 26.2. The van der Waals surface area contributed by atoms with Gasteiger partial charge in [-0.2, -0.15) is 0 Å². The van der Waals surface area contributed by atoms with Crippen molar-refractivity contribution in [1.29, 1.82) is 0 Å². The number of hydrogen-bond donors (Lipinski definition) is 1. The number of nitro benzene ring substituents is 1.